The van der Waals surface area contributed by atoms with Crippen LogP contribution in [0.1, 0.15) is 32.0 Å². The van der Waals surface area contributed by atoms with Gasteiger partial charge in [0.1, 0.15) is 11.8 Å². The van der Waals surface area contributed by atoms with Gasteiger partial charge in [-0.3, -0.25) is 0 Å². The number of aromatic amines is 1. The van der Waals surface area contributed by atoms with Gasteiger partial charge in [-0.05, 0) is 24.0 Å². The summed E-state index contributed by atoms with van der Waals surface area (Å²) in [6.45, 7) is 6.18. The van der Waals surface area contributed by atoms with Crippen molar-refractivity contribution in [3.63, 3.8) is 0 Å². The first-order valence-corrected chi connectivity index (χ1v) is 6.13. The van der Waals surface area contributed by atoms with E-state index in [2.05, 4.69) is 30.7 Å². The van der Waals surface area contributed by atoms with E-state index in [0.29, 0.717) is 23.2 Å². The molecule has 2 aromatic heterocycles. The number of H-pyrrole nitrogens is 1. The predicted molar refractivity (Wildman–Crippen MR) is 71.9 cm³/mol. The Bertz CT molecular complexity index is 630. The largest absolute Gasteiger partial charge is 0.358 e. The van der Waals surface area contributed by atoms with Crippen LogP contribution in [-0.2, 0) is 6.42 Å². The van der Waals surface area contributed by atoms with Crippen LogP contribution in [0.2, 0.25) is 0 Å². The average Bonchev–Trinajstić information content (AvgIpc) is 2.69. The molecule has 2 heterocycles. The Morgan fingerprint density at radius 1 is 1.42 bits per heavy atom. The summed E-state index contributed by atoms with van der Waals surface area (Å²) < 4.78 is 14.4. The lowest BCUT2D eigenvalue weighted by molar-refractivity contribution is 0.403. The molecular formula is C15H16FN3. The number of aromatic nitrogens is 2. The number of halogens is 1. The van der Waals surface area contributed by atoms with Gasteiger partial charge >= 0.3 is 0 Å². The van der Waals surface area contributed by atoms with Gasteiger partial charge in [0.25, 0.3) is 0 Å². The monoisotopic (exact) mass is 257 g/mol. The quantitative estimate of drug-likeness (QED) is 0.892. The molecule has 1 N–H and O–H groups in total. The van der Waals surface area contributed by atoms with Crippen LogP contribution in [0.3, 0.4) is 0 Å². The molecule has 2 rings (SSSR count). The van der Waals surface area contributed by atoms with Crippen molar-refractivity contribution in [1.29, 1.82) is 5.26 Å². The molecule has 0 fully saturated rings. The second kappa shape index (κ2) is 4.85. The molecule has 98 valence electrons. The van der Waals surface area contributed by atoms with E-state index in [4.69, 9.17) is 5.26 Å². The highest BCUT2D eigenvalue weighted by Crippen LogP contribution is 2.29. The van der Waals surface area contributed by atoms with Gasteiger partial charge in [-0.2, -0.15) is 5.26 Å². The minimum absolute atomic E-state index is 0.00724. The van der Waals surface area contributed by atoms with Crippen LogP contribution < -0.4 is 0 Å². The molecule has 0 bridgehead atoms. The number of rotatable bonds is 2. The molecule has 0 aliphatic heterocycles. The zero-order chi connectivity index (χ0) is 14.0. The average molecular weight is 257 g/mol. The summed E-state index contributed by atoms with van der Waals surface area (Å²) in [6, 6.07) is 5.37. The highest BCUT2D eigenvalue weighted by Gasteiger charge is 2.20. The van der Waals surface area contributed by atoms with Crippen LogP contribution in [0.25, 0.3) is 11.3 Å². The van der Waals surface area contributed by atoms with E-state index in [-0.39, 0.29) is 16.9 Å². The predicted octanol–water partition coefficient (Wildman–Crippen LogP) is 3.68. The van der Waals surface area contributed by atoms with Crippen LogP contribution in [0.15, 0.2) is 24.5 Å². The number of nitriles is 1. The number of hydrogen-bond donors (Lipinski definition) is 1. The molecule has 3 nitrogen and oxygen atoms in total. The van der Waals surface area contributed by atoms with E-state index in [9.17, 15) is 4.39 Å². The van der Waals surface area contributed by atoms with Gasteiger partial charge in [-0.25, -0.2) is 9.37 Å². The third-order valence-electron chi connectivity index (χ3n) is 2.80. The van der Waals surface area contributed by atoms with E-state index in [0.717, 1.165) is 0 Å². The van der Waals surface area contributed by atoms with Gasteiger partial charge in [-0.15, -0.1) is 0 Å². The summed E-state index contributed by atoms with van der Waals surface area (Å²) in [7, 11) is 0. The summed E-state index contributed by atoms with van der Waals surface area (Å²) in [4.78, 5) is 6.87. The summed E-state index contributed by atoms with van der Waals surface area (Å²) in [6.07, 6.45) is 3.83. The third kappa shape index (κ3) is 2.82. The van der Waals surface area contributed by atoms with Gasteiger partial charge < -0.3 is 4.98 Å². The number of pyridine rings is 1. The summed E-state index contributed by atoms with van der Waals surface area (Å²) in [5.74, 6) is -0.292. The van der Waals surface area contributed by atoms with E-state index in [1.807, 2.05) is 6.07 Å². The normalized spacial score (nSPS) is 11.3. The van der Waals surface area contributed by atoms with Crippen LogP contribution in [0, 0.1) is 22.6 Å². The Morgan fingerprint density at radius 2 is 2.16 bits per heavy atom. The molecule has 0 unspecified atom stereocenters. The molecule has 0 radical (unpaired) electrons. The number of hydrogen-bond acceptors (Lipinski definition) is 2. The summed E-state index contributed by atoms with van der Waals surface area (Å²) in [5.41, 5.74) is 1.71. The van der Waals surface area contributed by atoms with Crippen molar-refractivity contribution in [2.75, 3.05) is 0 Å². The maximum absolute atomic E-state index is 14.4. The third-order valence-corrected chi connectivity index (χ3v) is 2.80. The smallest absolute Gasteiger partial charge is 0.151 e. The van der Waals surface area contributed by atoms with Crippen molar-refractivity contribution in [2.45, 2.75) is 27.2 Å². The molecule has 0 amide bonds. The second-order valence-electron chi connectivity index (χ2n) is 5.75. The van der Waals surface area contributed by atoms with E-state index < -0.39 is 0 Å². The molecule has 4 heteroatoms. The van der Waals surface area contributed by atoms with E-state index in [1.165, 1.54) is 6.20 Å². The molecule has 0 aromatic carbocycles. The van der Waals surface area contributed by atoms with Gasteiger partial charge in [0, 0.05) is 23.5 Å². The zero-order valence-corrected chi connectivity index (χ0v) is 11.3. The van der Waals surface area contributed by atoms with E-state index >= 15 is 0 Å². The fourth-order valence-corrected chi connectivity index (χ4v) is 2.04. The van der Waals surface area contributed by atoms with Crippen molar-refractivity contribution in [2.24, 2.45) is 5.41 Å². The highest BCUT2D eigenvalue weighted by molar-refractivity contribution is 5.66. The SMILES string of the molecule is CC(C)(C)Cc1c[nH]c(-c2cccnc2C#N)c1F. The molecule has 2 aromatic rings. The fourth-order valence-electron chi connectivity index (χ4n) is 2.04. The van der Waals surface area contributed by atoms with E-state index in [1.54, 1.807) is 18.3 Å². The van der Waals surface area contributed by atoms with Crippen LogP contribution in [-0.4, -0.2) is 9.97 Å². The Kier molecular flexibility index (Phi) is 3.39. The molecule has 0 spiro atoms. The topological polar surface area (TPSA) is 52.5 Å². The molecule has 19 heavy (non-hydrogen) atoms. The molecule has 0 saturated heterocycles. The van der Waals surface area contributed by atoms with Crippen molar-refractivity contribution >= 4 is 0 Å². The Labute approximate surface area is 112 Å². The maximum atomic E-state index is 14.4. The van der Waals surface area contributed by atoms with Crippen LogP contribution in [0.4, 0.5) is 4.39 Å². The lowest BCUT2D eigenvalue weighted by atomic mass is 9.89. The second-order valence-corrected chi connectivity index (χ2v) is 5.75. The van der Waals surface area contributed by atoms with Gasteiger partial charge in [0.05, 0.1) is 5.69 Å². The standard InChI is InChI=1S/C15H16FN3/c1-15(2,3)7-10-9-19-14(13(10)16)11-5-4-6-18-12(11)8-17/h4-6,9,19H,7H2,1-3H3. The fraction of sp³-hybridized carbons (Fsp3) is 0.333. The molecule has 0 atom stereocenters. The summed E-state index contributed by atoms with van der Waals surface area (Å²) >= 11 is 0. The summed E-state index contributed by atoms with van der Waals surface area (Å²) in [5, 5.41) is 9.02. The number of nitrogens with zero attached hydrogens (tertiary/aromatic N) is 2. The van der Waals surface area contributed by atoms with Gasteiger partial charge in [0.2, 0.25) is 0 Å². The van der Waals surface area contributed by atoms with Crippen molar-refractivity contribution in [1.82, 2.24) is 9.97 Å². The minimum atomic E-state index is -0.292. The van der Waals surface area contributed by atoms with Gasteiger partial charge in [-0.1, -0.05) is 20.8 Å². The minimum Gasteiger partial charge on any atom is -0.358 e. The Balaban J connectivity index is 2.46. The zero-order valence-electron chi connectivity index (χ0n) is 11.3. The van der Waals surface area contributed by atoms with Crippen LogP contribution >= 0.6 is 0 Å². The Hall–Kier alpha value is -2.15. The van der Waals surface area contributed by atoms with Crippen molar-refractivity contribution in [3.05, 3.63) is 41.6 Å². The van der Waals surface area contributed by atoms with Crippen molar-refractivity contribution < 1.29 is 4.39 Å². The lowest BCUT2D eigenvalue weighted by Crippen LogP contribution is -2.09. The number of nitrogens with one attached hydrogen (secondary N) is 1. The highest BCUT2D eigenvalue weighted by atomic mass is 19.1. The molecule has 0 aliphatic carbocycles. The lowest BCUT2D eigenvalue weighted by Gasteiger charge is -2.16. The van der Waals surface area contributed by atoms with Crippen LogP contribution in [0.5, 0.6) is 0 Å². The first kappa shape index (κ1) is 13.3. The molecule has 0 saturated carbocycles. The maximum Gasteiger partial charge on any atom is 0.151 e. The molecule has 0 aliphatic rings. The first-order chi connectivity index (χ1) is 8.92. The molecular weight excluding hydrogens is 241 g/mol. The van der Waals surface area contributed by atoms with Crippen molar-refractivity contribution in [3.8, 4) is 17.3 Å². The van der Waals surface area contributed by atoms with Gasteiger partial charge in [0.15, 0.2) is 5.82 Å². The Morgan fingerprint density at radius 3 is 2.79 bits per heavy atom. The first-order valence-electron chi connectivity index (χ1n) is 6.13.